The summed E-state index contributed by atoms with van der Waals surface area (Å²) >= 11 is 0. The Hall–Kier alpha value is -2.60. The molecule has 0 spiro atoms. The van der Waals surface area contributed by atoms with E-state index in [-0.39, 0.29) is 18.4 Å². The minimum atomic E-state index is -0.117. The van der Waals surface area contributed by atoms with Gasteiger partial charge in [0.15, 0.2) is 0 Å². The first kappa shape index (κ1) is 23.7. The monoisotopic (exact) mass is 413 g/mol. The zero-order valence-electron chi connectivity index (χ0n) is 18.8. The van der Waals surface area contributed by atoms with E-state index >= 15 is 0 Å². The average molecular weight is 414 g/mol. The summed E-state index contributed by atoms with van der Waals surface area (Å²) in [4.78, 5) is 29.8. The Bertz CT molecular complexity index is 798. The highest BCUT2D eigenvalue weighted by Gasteiger charge is 2.22. The molecule has 2 rings (SSSR count). The number of rotatable bonds is 12. The molecule has 2 aromatic rings. The second kappa shape index (κ2) is 12.2. The Balaban J connectivity index is 2.14. The number of methoxy groups -OCH3 is 1. The van der Waals surface area contributed by atoms with E-state index in [1.807, 2.05) is 66.0 Å². The largest absolute Gasteiger partial charge is 0.385 e. The Kier molecular flexibility index (Phi) is 9.61. The predicted molar refractivity (Wildman–Crippen MR) is 119 cm³/mol. The lowest BCUT2D eigenvalue weighted by Crippen LogP contribution is -2.43. The van der Waals surface area contributed by atoms with Gasteiger partial charge in [0.2, 0.25) is 5.91 Å². The first-order valence-corrected chi connectivity index (χ1v) is 10.7. The highest BCUT2D eigenvalue weighted by Crippen LogP contribution is 2.11. The number of carbonyl (C=O) groups excluding carboxylic acids is 2. The SMILES string of the molecule is CCCCN(Cc1cccn1C)C(=O)CN(CCCOC)C(=O)c1ccc(C)cc1. The van der Waals surface area contributed by atoms with Gasteiger partial charge in [-0.3, -0.25) is 9.59 Å². The predicted octanol–water partition coefficient (Wildman–Crippen LogP) is 3.64. The van der Waals surface area contributed by atoms with Crippen LogP contribution in [-0.4, -0.2) is 59.5 Å². The van der Waals surface area contributed by atoms with E-state index in [2.05, 4.69) is 6.92 Å². The number of unbranched alkanes of at least 4 members (excludes halogenated alkanes) is 1. The summed E-state index contributed by atoms with van der Waals surface area (Å²) in [6, 6.07) is 11.5. The van der Waals surface area contributed by atoms with Crippen LogP contribution in [0.25, 0.3) is 0 Å². The fraction of sp³-hybridized carbons (Fsp3) is 0.500. The normalized spacial score (nSPS) is 10.8. The second-order valence-corrected chi connectivity index (χ2v) is 7.72. The van der Waals surface area contributed by atoms with Gasteiger partial charge in [-0.2, -0.15) is 0 Å². The third-order valence-corrected chi connectivity index (χ3v) is 5.23. The topological polar surface area (TPSA) is 54.8 Å². The Morgan fingerprint density at radius 1 is 1.03 bits per heavy atom. The molecular weight excluding hydrogens is 378 g/mol. The van der Waals surface area contributed by atoms with Crippen molar-refractivity contribution in [2.45, 2.75) is 39.7 Å². The maximum Gasteiger partial charge on any atom is 0.254 e. The van der Waals surface area contributed by atoms with Gasteiger partial charge in [-0.15, -0.1) is 0 Å². The van der Waals surface area contributed by atoms with Crippen molar-refractivity contribution in [1.82, 2.24) is 14.4 Å². The van der Waals surface area contributed by atoms with E-state index in [1.54, 1.807) is 12.0 Å². The lowest BCUT2D eigenvalue weighted by atomic mass is 10.1. The van der Waals surface area contributed by atoms with Crippen LogP contribution in [0.15, 0.2) is 42.6 Å². The van der Waals surface area contributed by atoms with Crippen molar-refractivity contribution in [3.63, 3.8) is 0 Å². The van der Waals surface area contributed by atoms with E-state index in [0.717, 1.165) is 24.1 Å². The molecule has 0 bridgehead atoms. The molecule has 1 aromatic carbocycles. The third kappa shape index (κ3) is 7.02. The zero-order chi connectivity index (χ0) is 21.9. The van der Waals surface area contributed by atoms with Crippen molar-refractivity contribution < 1.29 is 14.3 Å². The quantitative estimate of drug-likeness (QED) is 0.499. The van der Waals surface area contributed by atoms with Crippen LogP contribution in [0.1, 0.15) is 47.8 Å². The van der Waals surface area contributed by atoms with Crippen LogP contribution in [-0.2, 0) is 23.1 Å². The van der Waals surface area contributed by atoms with E-state index in [0.29, 0.717) is 38.2 Å². The van der Waals surface area contributed by atoms with Gasteiger partial charge in [-0.05, 0) is 44.0 Å². The Morgan fingerprint density at radius 3 is 2.33 bits per heavy atom. The second-order valence-electron chi connectivity index (χ2n) is 7.72. The van der Waals surface area contributed by atoms with Gasteiger partial charge in [0.05, 0.1) is 6.54 Å². The fourth-order valence-electron chi connectivity index (χ4n) is 3.29. The van der Waals surface area contributed by atoms with Crippen LogP contribution in [0, 0.1) is 6.92 Å². The smallest absolute Gasteiger partial charge is 0.254 e. The number of hydrogen-bond acceptors (Lipinski definition) is 3. The number of carbonyl (C=O) groups is 2. The molecule has 0 unspecified atom stereocenters. The van der Waals surface area contributed by atoms with Crippen molar-refractivity contribution in [2.24, 2.45) is 7.05 Å². The number of benzene rings is 1. The molecular formula is C24H35N3O3. The Labute approximate surface area is 180 Å². The standard InChI is InChI=1S/C24H35N3O3/c1-5-6-15-26(18-22-9-7-14-25(22)3)23(28)19-27(16-8-17-30-4)24(29)21-12-10-20(2)11-13-21/h7,9-14H,5-6,8,15-19H2,1-4H3. The van der Waals surface area contributed by atoms with Crippen LogP contribution in [0.5, 0.6) is 0 Å². The number of aromatic nitrogens is 1. The van der Waals surface area contributed by atoms with E-state index in [9.17, 15) is 9.59 Å². The van der Waals surface area contributed by atoms with Crippen molar-refractivity contribution in [3.05, 3.63) is 59.4 Å². The molecule has 0 saturated heterocycles. The first-order chi connectivity index (χ1) is 14.5. The van der Waals surface area contributed by atoms with E-state index in [1.165, 1.54) is 0 Å². The minimum absolute atomic E-state index is 0.0254. The Morgan fingerprint density at radius 2 is 1.73 bits per heavy atom. The van der Waals surface area contributed by atoms with Crippen LogP contribution < -0.4 is 0 Å². The summed E-state index contributed by atoms with van der Waals surface area (Å²) in [5.74, 6) is -0.142. The van der Waals surface area contributed by atoms with Gasteiger partial charge >= 0.3 is 0 Å². The maximum absolute atomic E-state index is 13.2. The van der Waals surface area contributed by atoms with Gasteiger partial charge in [-0.1, -0.05) is 31.0 Å². The average Bonchev–Trinajstić information content (AvgIpc) is 3.14. The van der Waals surface area contributed by atoms with Crippen LogP contribution in [0.4, 0.5) is 0 Å². The number of nitrogens with zero attached hydrogens (tertiary/aromatic N) is 3. The zero-order valence-corrected chi connectivity index (χ0v) is 18.8. The lowest BCUT2D eigenvalue weighted by Gasteiger charge is -2.28. The molecule has 30 heavy (non-hydrogen) atoms. The summed E-state index contributed by atoms with van der Waals surface area (Å²) in [6.45, 7) is 6.45. The number of hydrogen-bond donors (Lipinski definition) is 0. The molecule has 0 fully saturated rings. The van der Waals surface area contributed by atoms with Gasteiger partial charge in [0.1, 0.15) is 6.54 Å². The molecule has 0 atom stereocenters. The highest BCUT2D eigenvalue weighted by molar-refractivity contribution is 5.96. The number of amides is 2. The lowest BCUT2D eigenvalue weighted by molar-refractivity contribution is -0.132. The maximum atomic E-state index is 13.2. The molecule has 6 heteroatoms. The summed E-state index contributed by atoms with van der Waals surface area (Å²) in [5, 5.41) is 0. The van der Waals surface area contributed by atoms with Crippen molar-refractivity contribution in [1.29, 1.82) is 0 Å². The van der Waals surface area contributed by atoms with Gasteiger partial charge in [0, 0.05) is 51.3 Å². The van der Waals surface area contributed by atoms with Crippen LogP contribution >= 0.6 is 0 Å². The summed E-state index contributed by atoms with van der Waals surface area (Å²) in [7, 11) is 3.62. The summed E-state index contributed by atoms with van der Waals surface area (Å²) in [5.41, 5.74) is 2.78. The molecule has 1 aromatic heterocycles. The molecule has 0 aliphatic rings. The van der Waals surface area contributed by atoms with Gasteiger partial charge in [-0.25, -0.2) is 0 Å². The first-order valence-electron chi connectivity index (χ1n) is 10.7. The number of aryl methyl sites for hydroxylation is 2. The molecule has 0 aliphatic carbocycles. The molecule has 2 amide bonds. The molecule has 0 aliphatic heterocycles. The van der Waals surface area contributed by atoms with Gasteiger partial charge < -0.3 is 19.1 Å². The van der Waals surface area contributed by atoms with Crippen LogP contribution in [0.2, 0.25) is 0 Å². The van der Waals surface area contributed by atoms with Crippen molar-refractivity contribution in [2.75, 3.05) is 33.4 Å². The molecule has 0 N–H and O–H groups in total. The van der Waals surface area contributed by atoms with E-state index < -0.39 is 0 Å². The molecule has 1 heterocycles. The van der Waals surface area contributed by atoms with Crippen molar-refractivity contribution in [3.8, 4) is 0 Å². The fourth-order valence-corrected chi connectivity index (χ4v) is 3.29. The van der Waals surface area contributed by atoms with Gasteiger partial charge in [0.25, 0.3) is 5.91 Å². The number of ether oxygens (including phenoxy) is 1. The molecule has 0 radical (unpaired) electrons. The van der Waals surface area contributed by atoms with Crippen LogP contribution in [0.3, 0.4) is 0 Å². The summed E-state index contributed by atoms with van der Waals surface area (Å²) in [6.07, 6.45) is 4.62. The molecule has 164 valence electrons. The highest BCUT2D eigenvalue weighted by atomic mass is 16.5. The molecule has 6 nitrogen and oxygen atoms in total. The van der Waals surface area contributed by atoms with Crippen molar-refractivity contribution >= 4 is 11.8 Å². The third-order valence-electron chi connectivity index (χ3n) is 5.23. The van der Waals surface area contributed by atoms with E-state index in [4.69, 9.17) is 4.74 Å². The summed E-state index contributed by atoms with van der Waals surface area (Å²) < 4.78 is 7.17. The molecule has 0 saturated carbocycles. The minimum Gasteiger partial charge on any atom is -0.385 e.